The number of hydrogen-bond acceptors (Lipinski definition) is 2. The van der Waals surface area contributed by atoms with Crippen LogP contribution < -0.4 is 0 Å². The van der Waals surface area contributed by atoms with Gasteiger partial charge in [-0.25, -0.2) is 9.67 Å². The molecular formula is C11H19N3. The van der Waals surface area contributed by atoms with Crippen LogP contribution in [0.1, 0.15) is 57.6 Å². The highest BCUT2D eigenvalue weighted by Crippen LogP contribution is 2.33. The lowest BCUT2D eigenvalue weighted by Gasteiger charge is -2.11. The van der Waals surface area contributed by atoms with Crippen LogP contribution in [0.2, 0.25) is 0 Å². The molecule has 0 radical (unpaired) electrons. The number of hydrogen-bond donors (Lipinski definition) is 0. The third-order valence-electron chi connectivity index (χ3n) is 3.02. The lowest BCUT2D eigenvalue weighted by molar-refractivity contribution is 0.483. The number of fused-ring (bicyclic) bond motifs is 1. The number of aryl methyl sites for hydroxylation is 1. The van der Waals surface area contributed by atoms with Gasteiger partial charge in [-0.2, -0.15) is 5.10 Å². The molecule has 3 nitrogen and oxygen atoms in total. The smallest absolute Gasteiger partial charge is 0.153 e. The lowest BCUT2D eigenvalue weighted by atomic mass is 9.94. The first-order chi connectivity index (χ1) is 6.59. The van der Waals surface area contributed by atoms with E-state index in [1.165, 1.54) is 12.2 Å². The maximum Gasteiger partial charge on any atom is 0.153 e. The third-order valence-corrected chi connectivity index (χ3v) is 3.02. The molecule has 1 atom stereocenters. The molecule has 1 aliphatic rings. The molecule has 1 aliphatic heterocycles. The second-order valence-corrected chi connectivity index (χ2v) is 4.85. The maximum atomic E-state index is 4.64. The zero-order valence-electron chi connectivity index (χ0n) is 9.49. The summed E-state index contributed by atoms with van der Waals surface area (Å²) in [5.41, 5.74) is 0. The number of rotatable bonds is 2. The van der Waals surface area contributed by atoms with E-state index >= 15 is 0 Å². The summed E-state index contributed by atoms with van der Waals surface area (Å²) in [4.78, 5) is 4.64. The predicted octanol–water partition coefficient (Wildman–Crippen LogP) is 2.54. The molecular weight excluding hydrogens is 174 g/mol. The van der Waals surface area contributed by atoms with Crippen LogP contribution in [-0.2, 0) is 6.54 Å². The first-order valence-corrected chi connectivity index (χ1v) is 5.54. The number of aromatic nitrogens is 3. The monoisotopic (exact) mass is 193 g/mol. The van der Waals surface area contributed by atoms with Gasteiger partial charge in [0.1, 0.15) is 5.82 Å². The number of nitrogens with zero attached hydrogens (tertiary/aromatic N) is 3. The molecule has 0 fully saturated rings. The zero-order valence-corrected chi connectivity index (χ0v) is 9.49. The Morgan fingerprint density at radius 1 is 1.29 bits per heavy atom. The molecule has 0 aliphatic carbocycles. The highest BCUT2D eigenvalue weighted by molar-refractivity contribution is 5.07. The Bertz CT molecular complexity index is 325. The van der Waals surface area contributed by atoms with Crippen molar-refractivity contribution in [1.82, 2.24) is 14.8 Å². The Hall–Kier alpha value is -0.860. The third kappa shape index (κ3) is 1.45. The fraction of sp³-hybridized carbons (Fsp3) is 0.818. The summed E-state index contributed by atoms with van der Waals surface area (Å²) in [5, 5.41) is 4.53. The Labute approximate surface area is 85.5 Å². The molecule has 0 N–H and O–H groups in total. The van der Waals surface area contributed by atoms with E-state index in [9.17, 15) is 0 Å². The Morgan fingerprint density at radius 2 is 2.00 bits per heavy atom. The van der Waals surface area contributed by atoms with Crippen molar-refractivity contribution in [3.8, 4) is 0 Å². The predicted molar refractivity (Wildman–Crippen MR) is 56.3 cm³/mol. The molecule has 1 aromatic rings. The van der Waals surface area contributed by atoms with Crippen molar-refractivity contribution < 1.29 is 0 Å². The van der Waals surface area contributed by atoms with Gasteiger partial charge in [0.2, 0.25) is 0 Å². The summed E-state index contributed by atoms with van der Waals surface area (Å²) >= 11 is 0. The minimum Gasteiger partial charge on any atom is -0.249 e. The maximum absolute atomic E-state index is 4.64. The molecule has 0 bridgehead atoms. The summed E-state index contributed by atoms with van der Waals surface area (Å²) in [5.74, 6) is 3.96. The summed E-state index contributed by atoms with van der Waals surface area (Å²) in [6.07, 6.45) is 1.21. The standard InChI is InChI=1S/C11H19N3/c1-7(2)9-5-6-14-11(9)12-10(13-14)8(3)4/h7-9H,5-6H2,1-4H3. The SMILES string of the molecule is CC(C)c1nc2n(n1)CCC2C(C)C. The highest BCUT2D eigenvalue weighted by atomic mass is 15.4. The summed E-state index contributed by atoms with van der Waals surface area (Å²) in [7, 11) is 0. The van der Waals surface area contributed by atoms with E-state index in [1.807, 2.05) is 0 Å². The fourth-order valence-corrected chi connectivity index (χ4v) is 2.08. The minimum atomic E-state index is 0.445. The van der Waals surface area contributed by atoms with Crippen LogP contribution in [0.25, 0.3) is 0 Å². The van der Waals surface area contributed by atoms with Gasteiger partial charge < -0.3 is 0 Å². The van der Waals surface area contributed by atoms with Gasteiger partial charge in [-0.05, 0) is 12.3 Å². The zero-order chi connectivity index (χ0) is 10.3. The summed E-state index contributed by atoms with van der Waals surface area (Å²) < 4.78 is 2.10. The van der Waals surface area contributed by atoms with Gasteiger partial charge in [0, 0.05) is 18.4 Å². The van der Waals surface area contributed by atoms with Crippen molar-refractivity contribution in [2.75, 3.05) is 0 Å². The van der Waals surface area contributed by atoms with Crippen LogP contribution in [0.3, 0.4) is 0 Å². The quantitative estimate of drug-likeness (QED) is 0.722. The first kappa shape index (κ1) is 9.69. The molecule has 0 aromatic carbocycles. The van der Waals surface area contributed by atoms with E-state index < -0.39 is 0 Å². The Balaban J connectivity index is 2.30. The van der Waals surface area contributed by atoms with Crippen LogP contribution in [0, 0.1) is 5.92 Å². The summed E-state index contributed by atoms with van der Waals surface area (Å²) in [6.45, 7) is 9.89. The van der Waals surface area contributed by atoms with E-state index in [0.29, 0.717) is 17.8 Å². The van der Waals surface area contributed by atoms with Crippen molar-refractivity contribution in [2.24, 2.45) is 5.92 Å². The van der Waals surface area contributed by atoms with Crippen LogP contribution in [-0.4, -0.2) is 14.8 Å². The van der Waals surface area contributed by atoms with Crippen LogP contribution in [0.5, 0.6) is 0 Å². The molecule has 0 saturated heterocycles. The molecule has 0 saturated carbocycles. The second kappa shape index (κ2) is 3.37. The van der Waals surface area contributed by atoms with Crippen LogP contribution in [0.4, 0.5) is 0 Å². The van der Waals surface area contributed by atoms with Crippen LogP contribution in [0.15, 0.2) is 0 Å². The average molecular weight is 193 g/mol. The van der Waals surface area contributed by atoms with Crippen LogP contribution >= 0.6 is 0 Å². The lowest BCUT2D eigenvalue weighted by Crippen LogP contribution is -2.04. The van der Waals surface area contributed by atoms with Crippen molar-refractivity contribution in [2.45, 2.75) is 52.5 Å². The molecule has 3 heteroatoms. The topological polar surface area (TPSA) is 30.7 Å². The highest BCUT2D eigenvalue weighted by Gasteiger charge is 2.29. The Kier molecular flexibility index (Phi) is 2.33. The van der Waals surface area contributed by atoms with E-state index in [-0.39, 0.29) is 0 Å². The largest absolute Gasteiger partial charge is 0.249 e. The van der Waals surface area contributed by atoms with E-state index in [2.05, 4.69) is 42.5 Å². The molecule has 2 rings (SSSR count). The van der Waals surface area contributed by atoms with Crippen molar-refractivity contribution >= 4 is 0 Å². The second-order valence-electron chi connectivity index (χ2n) is 4.85. The summed E-state index contributed by atoms with van der Waals surface area (Å²) in [6, 6.07) is 0. The molecule has 14 heavy (non-hydrogen) atoms. The van der Waals surface area contributed by atoms with Crippen molar-refractivity contribution in [3.05, 3.63) is 11.6 Å². The fourth-order valence-electron chi connectivity index (χ4n) is 2.08. The van der Waals surface area contributed by atoms with E-state index in [1.54, 1.807) is 0 Å². The van der Waals surface area contributed by atoms with Gasteiger partial charge in [-0.1, -0.05) is 27.7 Å². The van der Waals surface area contributed by atoms with Gasteiger partial charge in [0.25, 0.3) is 0 Å². The van der Waals surface area contributed by atoms with Gasteiger partial charge in [0.05, 0.1) is 0 Å². The molecule has 0 amide bonds. The molecule has 2 heterocycles. The van der Waals surface area contributed by atoms with E-state index in [0.717, 1.165) is 12.4 Å². The van der Waals surface area contributed by atoms with Gasteiger partial charge >= 0.3 is 0 Å². The van der Waals surface area contributed by atoms with Crippen molar-refractivity contribution in [3.63, 3.8) is 0 Å². The minimum absolute atomic E-state index is 0.445. The molecule has 1 aromatic heterocycles. The van der Waals surface area contributed by atoms with Gasteiger partial charge in [-0.15, -0.1) is 0 Å². The van der Waals surface area contributed by atoms with E-state index in [4.69, 9.17) is 0 Å². The first-order valence-electron chi connectivity index (χ1n) is 5.54. The molecule has 0 spiro atoms. The molecule has 1 unspecified atom stereocenters. The Morgan fingerprint density at radius 3 is 2.57 bits per heavy atom. The van der Waals surface area contributed by atoms with Crippen molar-refractivity contribution in [1.29, 1.82) is 0 Å². The van der Waals surface area contributed by atoms with Gasteiger partial charge in [0.15, 0.2) is 5.82 Å². The average Bonchev–Trinajstić information content (AvgIpc) is 2.58. The van der Waals surface area contributed by atoms with Gasteiger partial charge in [-0.3, -0.25) is 0 Å². The molecule has 78 valence electrons. The normalized spacial score (nSPS) is 20.9.